The van der Waals surface area contributed by atoms with Crippen LogP contribution in [0.25, 0.3) is 0 Å². The normalized spacial score (nSPS) is 15.9. The number of carbonyl (C=O) groups excluding carboxylic acids is 1. The maximum absolute atomic E-state index is 13.1. The van der Waals surface area contributed by atoms with Gasteiger partial charge in [0.2, 0.25) is 11.0 Å². The van der Waals surface area contributed by atoms with E-state index in [9.17, 15) is 18.0 Å². The van der Waals surface area contributed by atoms with Crippen LogP contribution in [0.4, 0.5) is 29.7 Å². The second kappa shape index (κ2) is 11.4. The quantitative estimate of drug-likeness (QED) is 0.460. The van der Waals surface area contributed by atoms with Crippen LogP contribution in [-0.2, 0) is 15.7 Å². The van der Waals surface area contributed by atoms with E-state index in [0.29, 0.717) is 29.2 Å². The monoisotopic (exact) mass is 499 g/mol. The molecule has 1 aromatic carbocycles. The standard InChI is InChI=1S/C23H32F3N5O2S/c1-14(2)13-31(17-7-9-27-10-8-17)19-6-5-16(15(3)11-20(32)33-4)12-18(19)28-22-29-21(30-34-22)23(24,25)26/h5-6,12,14-15,17,27H,7-11,13H2,1-4H3,(H,28,29,30). The predicted molar refractivity (Wildman–Crippen MR) is 128 cm³/mol. The van der Waals surface area contributed by atoms with E-state index in [1.807, 2.05) is 25.1 Å². The van der Waals surface area contributed by atoms with Crippen LogP contribution >= 0.6 is 11.5 Å². The van der Waals surface area contributed by atoms with E-state index in [0.717, 1.165) is 43.7 Å². The molecule has 1 aromatic heterocycles. The molecule has 1 aliphatic rings. The fraction of sp³-hybridized carbons (Fsp3) is 0.609. The van der Waals surface area contributed by atoms with Gasteiger partial charge < -0.3 is 20.3 Å². The number of halogens is 3. The van der Waals surface area contributed by atoms with E-state index in [2.05, 4.69) is 38.7 Å². The summed E-state index contributed by atoms with van der Waals surface area (Å²) in [6.07, 6.45) is -2.45. The molecule has 1 unspecified atom stereocenters. The second-order valence-electron chi connectivity index (χ2n) is 9.03. The number of piperidine rings is 1. The highest BCUT2D eigenvalue weighted by atomic mass is 32.1. The molecule has 188 valence electrons. The molecule has 0 amide bonds. The summed E-state index contributed by atoms with van der Waals surface area (Å²) in [4.78, 5) is 17.8. The molecule has 34 heavy (non-hydrogen) atoms. The summed E-state index contributed by atoms with van der Waals surface area (Å²) in [7, 11) is 1.35. The maximum Gasteiger partial charge on any atom is 0.452 e. The zero-order valence-electron chi connectivity index (χ0n) is 19.9. The average molecular weight is 500 g/mol. The summed E-state index contributed by atoms with van der Waals surface area (Å²) >= 11 is 0.675. The fourth-order valence-electron chi connectivity index (χ4n) is 4.12. The highest BCUT2D eigenvalue weighted by molar-refractivity contribution is 7.09. The largest absolute Gasteiger partial charge is 0.469 e. The van der Waals surface area contributed by atoms with Gasteiger partial charge in [-0.2, -0.15) is 22.5 Å². The lowest BCUT2D eigenvalue weighted by atomic mass is 9.95. The molecule has 11 heteroatoms. The van der Waals surface area contributed by atoms with Crippen molar-refractivity contribution in [3.63, 3.8) is 0 Å². The van der Waals surface area contributed by atoms with E-state index in [4.69, 9.17) is 4.74 Å². The molecule has 0 spiro atoms. The van der Waals surface area contributed by atoms with Crippen molar-refractivity contribution in [2.45, 2.75) is 58.2 Å². The predicted octanol–water partition coefficient (Wildman–Crippen LogP) is 5.18. The van der Waals surface area contributed by atoms with E-state index in [-0.39, 0.29) is 23.4 Å². The summed E-state index contributed by atoms with van der Waals surface area (Å²) in [5, 5.41) is 6.55. The Morgan fingerprint density at radius 1 is 1.29 bits per heavy atom. The second-order valence-corrected chi connectivity index (χ2v) is 9.78. The molecular weight excluding hydrogens is 467 g/mol. The lowest BCUT2D eigenvalue weighted by Crippen LogP contribution is -2.45. The minimum absolute atomic E-state index is 0.0705. The molecule has 7 nitrogen and oxygen atoms in total. The van der Waals surface area contributed by atoms with Gasteiger partial charge in [-0.3, -0.25) is 4.79 Å². The van der Waals surface area contributed by atoms with E-state index >= 15 is 0 Å². The SMILES string of the molecule is COC(=O)CC(C)c1ccc(N(CC(C)C)C2CCNCC2)c(Nc2nc(C(F)(F)F)ns2)c1. The number of aromatic nitrogens is 2. The van der Waals surface area contributed by atoms with Crippen molar-refractivity contribution in [2.24, 2.45) is 5.92 Å². The lowest BCUT2D eigenvalue weighted by Gasteiger charge is -2.38. The number of carbonyl (C=O) groups is 1. The van der Waals surface area contributed by atoms with E-state index in [1.165, 1.54) is 7.11 Å². The Kier molecular flexibility index (Phi) is 8.75. The number of alkyl halides is 3. The van der Waals surface area contributed by atoms with Crippen molar-refractivity contribution in [3.05, 3.63) is 29.6 Å². The molecule has 1 aliphatic heterocycles. The highest BCUT2D eigenvalue weighted by Crippen LogP contribution is 2.37. The minimum Gasteiger partial charge on any atom is -0.469 e. The van der Waals surface area contributed by atoms with Gasteiger partial charge in [0.05, 0.1) is 24.9 Å². The van der Waals surface area contributed by atoms with Crippen LogP contribution in [0.15, 0.2) is 18.2 Å². The summed E-state index contributed by atoms with van der Waals surface area (Å²) in [6, 6.07) is 6.17. The van der Waals surface area contributed by atoms with E-state index < -0.39 is 12.0 Å². The van der Waals surface area contributed by atoms with Crippen molar-refractivity contribution < 1.29 is 22.7 Å². The number of hydrogen-bond donors (Lipinski definition) is 2. The lowest BCUT2D eigenvalue weighted by molar-refractivity contribution is -0.144. The summed E-state index contributed by atoms with van der Waals surface area (Å²) in [5.41, 5.74) is 2.43. The van der Waals surface area contributed by atoms with Crippen LogP contribution in [0.1, 0.15) is 57.3 Å². The molecule has 1 saturated heterocycles. The highest BCUT2D eigenvalue weighted by Gasteiger charge is 2.36. The Labute approximate surface area is 202 Å². The van der Waals surface area contributed by atoms with Gasteiger partial charge in [-0.25, -0.2) is 0 Å². The number of esters is 1. The maximum atomic E-state index is 13.1. The minimum atomic E-state index is -4.60. The molecule has 0 saturated carbocycles. The number of rotatable bonds is 9. The van der Waals surface area contributed by atoms with Crippen LogP contribution in [-0.4, -0.2) is 48.1 Å². The number of anilines is 3. The first-order valence-electron chi connectivity index (χ1n) is 11.4. The third-order valence-electron chi connectivity index (χ3n) is 5.83. The molecule has 0 bridgehead atoms. The molecule has 2 aromatic rings. The first-order valence-corrected chi connectivity index (χ1v) is 12.2. The Morgan fingerprint density at radius 3 is 2.59 bits per heavy atom. The molecule has 2 heterocycles. The number of hydrogen-bond acceptors (Lipinski definition) is 8. The third kappa shape index (κ3) is 6.82. The smallest absolute Gasteiger partial charge is 0.452 e. The summed E-state index contributed by atoms with van der Waals surface area (Å²) in [6.45, 7) is 8.85. The number of benzene rings is 1. The van der Waals surface area contributed by atoms with Gasteiger partial charge >= 0.3 is 12.1 Å². The van der Waals surface area contributed by atoms with E-state index in [1.54, 1.807) is 0 Å². The first-order chi connectivity index (χ1) is 16.1. The van der Waals surface area contributed by atoms with Crippen molar-refractivity contribution >= 4 is 34.0 Å². The molecule has 3 rings (SSSR count). The van der Waals surface area contributed by atoms with Gasteiger partial charge in [-0.05, 0) is 55.5 Å². The van der Waals surface area contributed by atoms with Gasteiger partial charge in [0.25, 0.3) is 0 Å². The molecule has 1 atom stereocenters. The van der Waals surface area contributed by atoms with Gasteiger partial charge in [0.1, 0.15) is 0 Å². The van der Waals surface area contributed by atoms with Crippen LogP contribution < -0.4 is 15.5 Å². The molecule has 1 fully saturated rings. The van der Waals surface area contributed by atoms with Crippen LogP contribution in [0.2, 0.25) is 0 Å². The summed E-state index contributed by atoms with van der Waals surface area (Å²) in [5.74, 6) is -1.21. The van der Waals surface area contributed by atoms with Crippen molar-refractivity contribution in [1.82, 2.24) is 14.7 Å². The van der Waals surface area contributed by atoms with Gasteiger partial charge in [-0.1, -0.05) is 26.8 Å². The number of nitrogens with zero attached hydrogens (tertiary/aromatic N) is 3. The first kappa shape index (κ1) is 26.2. The van der Waals surface area contributed by atoms with Crippen molar-refractivity contribution in [2.75, 3.05) is 37.0 Å². The van der Waals surface area contributed by atoms with Crippen molar-refractivity contribution in [3.8, 4) is 0 Å². The molecule has 0 radical (unpaired) electrons. The summed E-state index contributed by atoms with van der Waals surface area (Å²) < 4.78 is 47.4. The Hall–Kier alpha value is -2.40. The van der Waals surface area contributed by atoms with Crippen LogP contribution in [0, 0.1) is 5.92 Å². The number of ether oxygens (including phenoxy) is 1. The molecule has 2 N–H and O–H groups in total. The third-order valence-corrected chi connectivity index (χ3v) is 6.46. The van der Waals surface area contributed by atoms with Crippen molar-refractivity contribution in [1.29, 1.82) is 0 Å². The number of methoxy groups -OCH3 is 1. The zero-order chi connectivity index (χ0) is 24.9. The van der Waals surface area contributed by atoms with Gasteiger partial charge in [0.15, 0.2) is 0 Å². The Morgan fingerprint density at radius 2 is 2.00 bits per heavy atom. The van der Waals surface area contributed by atoms with Crippen LogP contribution in [0.5, 0.6) is 0 Å². The Bertz CT molecular complexity index is 960. The van der Waals surface area contributed by atoms with Gasteiger partial charge in [0, 0.05) is 24.1 Å². The van der Waals surface area contributed by atoms with Crippen LogP contribution in [0.3, 0.4) is 0 Å². The number of nitrogens with one attached hydrogen (secondary N) is 2. The molecule has 0 aliphatic carbocycles. The van der Waals surface area contributed by atoms with Gasteiger partial charge in [-0.15, -0.1) is 0 Å². The zero-order valence-corrected chi connectivity index (χ0v) is 20.7. The average Bonchev–Trinajstić information content (AvgIpc) is 3.27. The topological polar surface area (TPSA) is 79.4 Å². The fourth-order valence-corrected chi connectivity index (χ4v) is 4.72. The Balaban J connectivity index is 2.00. The molecular formula is C23H32F3N5O2S.